The monoisotopic (exact) mass is 547 g/mol. The number of rotatable bonds is 5. The highest BCUT2D eigenvalue weighted by Crippen LogP contribution is 2.33. The van der Waals surface area contributed by atoms with Gasteiger partial charge in [-0.25, -0.2) is 9.78 Å². The number of anilines is 1. The maximum absolute atomic E-state index is 13.0. The smallest absolute Gasteiger partial charge is 0.444 e. The second-order valence-corrected chi connectivity index (χ2v) is 10.8. The number of para-hydroxylation sites is 1. The Morgan fingerprint density at radius 2 is 1.68 bits per heavy atom. The first-order valence-electron chi connectivity index (χ1n) is 12.1. The van der Waals surface area contributed by atoms with E-state index in [0.29, 0.717) is 29.9 Å². The van der Waals surface area contributed by atoms with Crippen LogP contribution in [-0.2, 0) is 4.74 Å². The van der Waals surface area contributed by atoms with Crippen molar-refractivity contribution in [1.29, 1.82) is 0 Å². The maximum Gasteiger partial charge on any atom is 0.573 e. The Morgan fingerprint density at radius 3 is 2.32 bits per heavy atom. The number of halogens is 3. The molecule has 0 saturated carbocycles. The number of amides is 2. The van der Waals surface area contributed by atoms with Gasteiger partial charge in [-0.2, -0.15) is 0 Å². The van der Waals surface area contributed by atoms with Crippen LogP contribution >= 0.6 is 11.3 Å². The number of piperidine rings is 1. The largest absolute Gasteiger partial charge is 0.573 e. The summed E-state index contributed by atoms with van der Waals surface area (Å²) in [6.45, 7) is 6.62. The molecule has 2 amide bonds. The number of nitrogens with zero attached hydrogens (tertiary/aromatic N) is 2. The molecule has 1 aliphatic rings. The Kier molecular flexibility index (Phi) is 7.96. The number of benzene rings is 2. The first kappa shape index (κ1) is 27.4. The second-order valence-electron chi connectivity index (χ2n) is 9.88. The number of aromatic nitrogens is 1. The first-order chi connectivity index (χ1) is 17.9. The number of nitrogens with one attached hydrogen (secondary N) is 1. The van der Waals surface area contributed by atoms with E-state index in [2.05, 4.69) is 15.0 Å². The summed E-state index contributed by atoms with van der Waals surface area (Å²) in [6, 6.07) is 12.5. The third-order valence-electron chi connectivity index (χ3n) is 5.82. The van der Waals surface area contributed by atoms with E-state index in [0.717, 1.165) is 17.8 Å². The van der Waals surface area contributed by atoms with Crippen molar-refractivity contribution in [3.05, 3.63) is 64.6 Å². The highest BCUT2D eigenvalue weighted by atomic mass is 32.1. The molecule has 0 aliphatic carbocycles. The van der Waals surface area contributed by atoms with Gasteiger partial charge in [0.15, 0.2) is 0 Å². The molecule has 1 saturated heterocycles. The molecule has 1 fully saturated rings. The van der Waals surface area contributed by atoms with Crippen molar-refractivity contribution in [2.75, 3.05) is 18.4 Å². The molecule has 0 spiro atoms. The van der Waals surface area contributed by atoms with Gasteiger partial charge in [0.1, 0.15) is 17.0 Å². The molecule has 0 unspecified atom stereocenters. The van der Waals surface area contributed by atoms with Gasteiger partial charge in [0.25, 0.3) is 5.91 Å². The number of thiazole rings is 1. The molecule has 11 heteroatoms. The Bertz CT molecular complexity index is 1280. The molecule has 3 aromatic rings. The van der Waals surface area contributed by atoms with Gasteiger partial charge < -0.3 is 19.7 Å². The molecule has 1 aromatic heterocycles. The fourth-order valence-corrected chi connectivity index (χ4v) is 5.05. The summed E-state index contributed by atoms with van der Waals surface area (Å²) >= 11 is 1.41. The molecular formula is C27H28F3N3O4S. The van der Waals surface area contributed by atoms with E-state index in [-0.39, 0.29) is 29.4 Å². The maximum atomic E-state index is 13.0. The van der Waals surface area contributed by atoms with Crippen LogP contribution in [0, 0.1) is 0 Å². The molecule has 202 valence electrons. The highest BCUT2D eigenvalue weighted by molar-refractivity contribution is 7.10. The number of hydrogen-bond donors (Lipinski definition) is 1. The lowest BCUT2D eigenvalue weighted by atomic mass is 9.98. The fraction of sp³-hybridized carbons (Fsp3) is 0.370. The molecule has 0 radical (unpaired) electrons. The Morgan fingerprint density at radius 1 is 1.03 bits per heavy atom. The normalized spacial score (nSPS) is 14.7. The highest BCUT2D eigenvalue weighted by Gasteiger charge is 2.31. The fourth-order valence-electron chi connectivity index (χ4n) is 4.08. The molecule has 7 nitrogen and oxygen atoms in total. The third-order valence-corrected chi connectivity index (χ3v) is 6.83. The van der Waals surface area contributed by atoms with Crippen LogP contribution in [0.15, 0.2) is 53.9 Å². The van der Waals surface area contributed by atoms with Crippen molar-refractivity contribution >= 4 is 29.0 Å². The molecular weight excluding hydrogens is 519 g/mol. The van der Waals surface area contributed by atoms with Crippen molar-refractivity contribution in [1.82, 2.24) is 9.88 Å². The first-order valence-corrected chi connectivity index (χ1v) is 13.0. The van der Waals surface area contributed by atoms with Crippen LogP contribution in [0.4, 0.5) is 23.7 Å². The van der Waals surface area contributed by atoms with Crippen molar-refractivity contribution in [2.24, 2.45) is 0 Å². The third kappa shape index (κ3) is 7.25. The number of alkyl halides is 3. The summed E-state index contributed by atoms with van der Waals surface area (Å²) in [4.78, 5) is 31.6. The van der Waals surface area contributed by atoms with E-state index >= 15 is 0 Å². The van der Waals surface area contributed by atoms with E-state index < -0.39 is 12.0 Å². The van der Waals surface area contributed by atoms with E-state index in [1.54, 1.807) is 34.5 Å². The number of carbonyl (C=O) groups is 2. The summed E-state index contributed by atoms with van der Waals surface area (Å²) in [5.41, 5.74) is 1.50. The molecule has 2 heterocycles. The molecule has 38 heavy (non-hydrogen) atoms. The zero-order chi connectivity index (χ0) is 27.5. The molecule has 4 rings (SSSR count). The predicted octanol–water partition coefficient (Wildman–Crippen LogP) is 7.08. The van der Waals surface area contributed by atoms with Crippen LogP contribution in [0.5, 0.6) is 5.75 Å². The molecule has 0 bridgehead atoms. The van der Waals surface area contributed by atoms with Crippen LogP contribution in [0.3, 0.4) is 0 Å². The minimum atomic E-state index is -4.77. The number of likely N-dealkylation sites (tertiary alicyclic amines) is 1. The standard InChI is InChI=1S/C27H28F3N3O4S/c1-26(2,3)37-25(35)33-14-12-18(13-15-33)24-32-22(16-38-24)23(34)31-21-7-5-4-6-20(21)17-8-10-19(11-9-17)36-27(28,29)30/h4-11,16,18H,12-15H2,1-3H3,(H,31,34). The van der Waals surface area contributed by atoms with Gasteiger partial charge >= 0.3 is 12.5 Å². The van der Waals surface area contributed by atoms with Crippen molar-refractivity contribution in [3.63, 3.8) is 0 Å². The predicted molar refractivity (Wildman–Crippen MR) is 138 cm³/mol. The van der Waals surface area contributed by atoms with Crippen LogP contribution < -0.4 is 10.1 Å². The number of carbonyl (C=O) groups excluding carboxylic acids is 2. The van der Waals surface area contributed by atoms with Gasteiger partial charge in [-0.3, -0.25) is 4.79 Å². The quantitative estimate of drug-likeness (QED) is 0.369. The van der Waals surface area contributed by atoms with Crippen molar-refractivity contribution in [2.45, 2.75) is 51.5 Å². The van der Waals surface area contributed by atoms with Gasteiger partial charge in [-0.1, -0.05) is 30.3 Å². The van der Waals surface area contributed by atoms with Gasteiger partial charge in [-0.15, -0.1) is 24.5 Å². The Hall–Kier alpha value is -3.60. The number of ether oxygens (including phenoxy) is 2. The van der Waals surface area contributed by atoms with Crippen LogP contribution in [0.2, 0.25) is 0 Å². The van der Waals surface area contributed by atoms with E-state index in [9.17, 15) is 22.8 Å². The van der Waals surface area contributed by atoms with Gasteiger partial charge in [0.2, 0.25) is 0 Å². The lowest BCUT2D eigenvalue weighted by molar-refractivity contribution is -0.274. The molecule has 2 aromatic carbocycles. The molecule has 1 aliphatic heterocycles. The summed E-state index contributed by atoms with van der Waals surface area (Å²) in [6.07, 6.45) is -3.64. The summed E-state index contributed by atoms with van der Waals surface area (Å²) in [5.74, 6) is -0.567. The van der Waals surface area contributed by atoms with E-state index in [1.807, 2.05) is 20.8 Å². The average Bonchev–Trinajstić information content (AvgIpc) is 3.34. The van der Waals surface area contributed by atoms with Crippen LogP contribution in [-0.4, -0.2) is 46.9 Å². The number of hydrogen-bond acceptors (Lipinski definition) is 6. The average molecular weight is 548 g/mol. The summed E-state index contributed by atoms with van der Waals surface area (Å²) in [7, 11) is 0. The Labute approximate surface area is 222 Å². The SMILES string of the molecule is CC(C)(C)OC(=O)N1CCC(c2nc(C(=O)Nc3ccccc3-c3ccc(OC(F)(F)F)cc3)cs2)CC1. The minimum Gasteiger partial charge on any atom is -0.444 e. The zero-order valence-corrected chi connectivity index (χ0v) is 22.0. The lowest BCUT2D eigenvalue weighted by Gasteiger charge is -2.32. The van der Waals surface area contributed by atoms with Gasteiger partial charge in [-0.05, 0) is 57.4 Å². The summed E-state index contributed by atoms with van der Waals surface area (Å²) in [5, 5.41) is 5.41. The van der Waals surface area contributed by atoms with Crippen molar-refractivity contribution < 1.29 is 32.2 Å². The van der Waals surface area contributed by atoms with Gasteiger partial charge in [0, 0.05) is 35.6 Å². The van der Waals surface area contributed by atoms with Gasteiger partial charge in [0.05, 0.1) is 5.01 Å². The zero-order valence-electron chi connectivity index (χ0n) is 21.2. The van der Waals surface area contributed by atoms with Crippen LogP contribution in [0.1, 0.15) is 55.0 Å². The molecule has 1 N–H and O–H groups in total. The van der Waals surface area contributed by atoms with Crippen LogP contribution in [0.25, 0.3) is 11.1 Å². The lowest BCUT2D eigenvalue weighted by Crippen LogP contribution is -2.41. The topological polar surface area (TPSA) is 80.8 Å². The van der Waals surface area contributed by atoms with E-state index in [1.165, 1.54) is 35.6 Å². The van der Waals surface area contributed by atoms with Crippen molar-refractivity contribution in [3.8, 4) is 16.9 Å². The summed E-state index contributed by atoms with van der Waals surface area (Å²) < 4.78 is 46.8. The minimum absolute atomic E-state index is 0.143. The second kappa shape index (κ2) is 11.0. The molecule has 0 atom stereocenters. The Balaban J connectivity index is 1.39. The van der Waals surface area contributed by atoms with E-state index in [4.69, 9.17) is 4.74 Å².